The van der Waals surface area contributed by atoms with E-state index in [-0.39, 0.29) is 11.8 Å². The summed E-state index contributed by atoms with van der Waals surface area (Å²) in [5, 5.41) is 8.82. The van der Waals surface area contributed by atoms with E-state index in [1.807, 2.05) is 4.90 Å². The maximum absolute atomic E-state index is 11.7. The zero-order chi connectivity index (χ0) is 11.5. The molecule has 88 valence electrons. The maximum atomic E-state index is 11.7. The Morgan fingerprint density at radius 3 is 3.00 bits per heavy atom. The van der Waals surface area contributed by atoms with Crippen molar-refractivity contribution in [2.45, 2.75) is 32.2 Å². The van der Waals surface area contributed by atoms with Gasteiger partial charge in [0.25, 0.3) is 0 Å². The van der Waals surface area contributed by atoms with Crippen molar-refractivity contribution < 1.29 is 4.79 Å². The summed E-state index contributed by atoms with van der Waals surface area (Å²) in [5.74, 6) is 0.0819. The van der Waals surface area contributed by atoms with Crippen LogP contribution in [0.1, 0.15) is 26.2 Å². The molecule has 0 aliphatic carbocycles. The van der Waals surface area contributed by atoms with Crippen LogP contribution < -0.4 is 0 Å². The summed E-state index contributed by atoms with van der Waals surface area (Å²) in [7, 11) is 0. The molecule has 4 heteroatoms. The number of hydrogen-bond acceptors (Lipinski definition) is 3. The van der Waals surface area contributed by atoms with Gasteiger partial charge in [0.1, 0.15) is 0 Å². The van der Waals surface area contributed by atoms with Gasteiger partial charge in [0.15, 0.2) is 0 Å². The standard InChI is InChI=1S/C12H19N3O/c1-2-14-5-3-4-11(14)9-15-8-10(7-13)6-12(15)16/h10-11H,2-6,8-9H2,1H3. The smallest absolute Gasteiger partial charge is 0.224 e. The molecule has 0 saturated carbocycles. The lowest BCUT2D eigenvalue weighted by Crippen LogP contribution is -2.40. The van der Waals surface area contributed by atoms with E-state index < -0.39 is 0 Å². The highest BCUT2D eigenvalue weighted by molar-refractivity contribution is 5.79. The Balaban J connectivity index is 1.90. The van der Waals surface area contributed by atoms with Gasteiger partial charge in [-0.1, -0.05) is 6.92 Å². The van der Waals surface area contributed by atoms with Gasteiger partial charge in [0.05, 0.1) is 12.0 Å². The summed E-state index contributed by atoms with van der Waals surface area (Å²) < 4.78 is 0. The fourth-order valence-corrected chi connectivity index (χ4v) is 2.81. The first-order valence-corrected chi connectivity index (χ1v) is 6.16. The molecule has 2 aliphatic rings. The molecule has 2 aliphatic heterocycles. The lowest BCUT2D eigenvalue weighted by atomic mass is 10.1. The number of hydrogen-bond donors (Lipinski definition) is 0. The van der Waals surface area contributed by atoms with Crippen molar-refractivity contribution >= 4 is 5.91 Å². The average Bonchev–Trinajstić information content (AvgIpc) is 2.86. The maximum Gasteiger partial charge on any atom is 0.224 e. The summed E-state index contributed by atoms with van der Waals surface area (Å²) in [6, 6.07) is 2.72. The van der Waals surface area contributed by atoms with Gasteiger partial charge < -0.3 is 4.90 Å². The summed E-state index contributed by atoms with van der Waals surface area (Å²) in [6.07, 6.45) is 2.85. The monoisotopic (exact) mass is 221 g/mol. The minimum absolute atomic E-state index is 0.0796. The van der Waals surface area contributed by atoms with Gasteiger partial charge in [-0.15, -0.1) is 0 Å². The van der Waals surface area contributed by atoms with E-state index in [2.05, 4.69) is 17.9 Å². The normalized spacial score (nSPS) is 31.0. The largest absolute Gasteiger partial charge is 0.340 e. The molecule has 0 aromatic rings. The number of carbonyl (C=O) groups excluding carboxylic acids is 1. The van der Waals surface area contributed by atoms with Crippen LogP contribution in [0.25, 0.3) is 0 Å². The molecule has 0 aromatic heterocycles. The molecule has 2 rings (SSSR count). The van der Waals surface area contributed by atoms with Gasteiger partial charge >= 0.3 is 0 Å². The van der Waals surface area contributed by atoms with Crippen LogP contribution in [-0.2, 0) is 4.79 Å². The molecule has 2 unspecified atom stereocenters. The summed E-state index contributed by atoms with van der Waals surface area (Å²) in [6.45, 7) is 5.86. The Labute approximate surface area is 96.8 Å². The lowest BCUT2D eigenvalue weighted by Gasteiger charge is -2.27. The van der Waals surface area contributed by atoms with E-state index in [4.69, 9.17) is 5.26 Å². The first-order valence-electron chi connectivity index (χ1n) is 6.16. The molecule has 16 heavy (non-hydrogen) atoms. The van der Waals surface area contributed by atoms with Crippen LogP contribution in [-0.4, -0.2) is 47.9 Å². The molecule has 4 nitrogen and oxygen atoms in total. The number of amides is 1. The van der Waals surface area contributed by atoms with Crippen LogP contribution in [0.3, 0.4) is 0 Å². The molecule has 2 atom stereocenters. The Morgan fingerprint density at radius 1 is 1.56 bits per heavy atom. The predicted molar refractivity (Wildman–Crippen MR) is 60.6 cm³/mol. The number of carbonyl (C=O) groups is 1. The quantitative estimate of drug-likeness (QED) is 0.709. The van der Waals surface area contributed by atoms with Crippen molar-refractivity contribution in [1.82, 2.24) is 9.80 Å². The van der Waals surface area contributed by atoms with E-state index in [9.17, 15) is 4.79 Å². The fraction of sp³-hybridized carbons (Fsp3) is 0.833. The highest BCUT2D eigenvalue weighted by atomic mass is 16.2. The van der Waals surface area contributed by atoms with Crippen LogP contribution in [0.4, 0.5) is 0 Å². The molecule has 2 heterocycles. The molecule has 1 amide bonds. The third-order valence-corrected chi connectivity index (χ3v) is 3.73. The summed E-state index contributed by atoms with van der Waals surface area (Å²) in [5.41, 5.74) is 0. The van der Waals surface area contributed by atoms with Crippen molar-refractivity contribution in [2.75, 3.05) is 26.2 Å². The zero-order valence-corrected chi connectivity index (χ0v) is 9.85. The van der Waals surface area contributed by atoms with Crippen molar-refractivity contribution in [3.05, 3.63) is 0 Å². The van der Waals surface area contributed by atoms with Gasteiger partial charge in [-0.05, 0) is 25.9 Å². The van der Waals surface area contributed by atoms with Crippen molar-refractivity contribution in [3.63, 3.8) is 0 Å². The van der Waals surface area contributed by atoms with Crippen molar-refractivity contribution in [2.24, 2.45) is 5.92 Å². The van der Waals surface area contributed by atoms with Gasteiger partial charge in [-0.2, -0.15) is 5.26 Å². The summed E-state index contributed by atoms with van der Waals surface area (Å²) in [4.78, 5) is 16.0. The van der Waals surface area contributed by atoms with Gasteiger partial charge in [0.2, 0.25) is 5.91 Å². The summed E-state index contributed by atoms with van der Waals surface area (Å²) >= 11 is 0. The van der Waals surface area contributed by atoms with Gasteiger partial charge in [-0.25, -0.2) is 0 Å². The fourth-order valence-electron chi connectivity index (χ4n) is 2.81. The van der Waals surface area contributed by atoms with Crippen LogP contribution in [0.5, 0.6) is 0 Å². The zero-order valence-electron chi connectivity index (χ0n) is 9.85. The molecule has 2 saturated heterocycles. The van der Waals surface area contributed by atoms with Gasteiger partial charge in [0, 0.05) is 25.6 Å². The first kappa shape index (κ1) is 11.4. The van der Waals surface area contributed by atoms with Crippen LogP contribution in [0.15, 0.2) is 0 Å². The van der Waals surface area contributed by atoms with Crippen molar-refractivity contribution in [1.29, 1.82) is 5.26 Å². The predicted octanol–water partition coefficient (Wildman–Crippen LogP) is 0.843. The minimum atomic E-state index is -0.0796. The molecule has 0 bridgehead atoms. The number of likely N-dealkylation sites (tertiary alicyclic amines) is 2. The van der Waals surface area contributed by atoms with E-state index >= 15 is 0 Å². The third-order valence-electron chi connectivity index (χ3n) is 3.73. The second kappa shape index (κ2) is 4.84. The van der Waals surface area contributed by atoms with E-state index in [0.29, 0.717) is 19.0 Å². The highest BCUT2D eigenvalue weighted by Gasteiger charge is 2.33. The number of nitriles is 1. The Morgan fingerprint density at radius 2 is 2.38 bits per heavy atom. The third kappa shape index (κ3) is 2.19. The SMILES string of the molecule is CCN1CCCC1CN1CC(C#N)CC1=O. The van der Waals surface area contributed by atoms with Crippen molar-refractivity contribution in [3.8, 4) is 6.07 Å². The molecule has 0 spiro atoms. The molecule has 0 radical (unpaired) electrons. The Bertz CT molecular complexity index is 310. The van der Waals surface area contributed by atoms with E-state index in [0.717, 1.165) is 19.6 Å². The van der Waals surface area contributed by atoms with Crippen LogP contribution >= 0.6 is 0 Å². The molecular weight excluding hydrogens is 202 g/mol. The van der Waals surface area contributed by atoms with Gasteiger partial charge in [-0.3, -0.25) is 9.69 Å². The minimum Gasteiger partial charge on any atom is -0.340 e. The molecule has 0 N–H and O–H groups in total. The number of nitrogens with zero attached hydrogens (tertiary/aromatic N) is 3. The molecular formula is C12H19N3O. The topological polar surface area (TPSA) is 47.3 Å². The molecule has 2 fully saturated rings. The Hall–Kier alpha value is -1.08. The molecule has 0 aromatic carbocycles. The average molecular weight is 221 g/mol. The van der Waals surface area contributed by atoms with E-state index in [1.54, 1.807) is 0 Å². The first-order chi connectivity index (χ1) is 7.74. The number of rotatable bonds is 3. The second-order valence-corrected chi connectivity index (χ2v) is 4.75. The Kier molecular flexibility index (Phi) is 3.45. The number of likely N-dealkylation sites (N-methyl/N-ethyl adjacent to an activating group) is 1. The second-order valence-electron chi connectivity index (χ2n) is 4.75. The van der Waals surface area contributed by atoms with E-state index in [1.165, 1.54) is 12.8 Å². The lowest BCUT2D eigenvalue weighted by molar-refractivity contribution is -0.128. The highest BCUT2D eigenvalue weighted by Crippen LogP contribution is 2.22. The van der Waals surface area contributed by atoms with Crippen LogP contribution in [0.2, 0.25) is 0 Å². The van der Waals surface area contributed by atoms with Crippen LogP contribution in [0, 0.1) is 17.2 Å².